The van der Waals surface area contributed by atoms with E-state index in [0.29, 0.717) is 16.5 Å². The molecule has 0 fully saturated rings. The Morgan fingerprint density at radius 3 is 2.58 bits per heavy atom. The maximum atomic E-state index is 10.9. The van der Waals surface area contributed by atoms with Crippen molar-refractivity contribution in [3.63, 3.8) is 0 Å². The van der Waals surface area contributed by atoms with Gasteiger partial charge in [-0.05, 0) is 30.3 Å². The van der Waals surface area contributed by atoms with E-state index in [2.05, 4.69) is 5.32 Å². The molecule has 0 aliphatic rings. The van der Waals surface area contributed by atoms with Gasteiger partial charge in [-0.1, -0.05) is 23.7 Å². The number of carbonyl (C=O) groups is 1. The highest BCUT2D eigenvalue weighted by Crippen LogP contribution is 2.31. The third-order valence-electron chi connectivity index (χ3n) is 2.59. The molecule has 0 amide bonds. The van der Waals surface area contributed by atoms with Gasteiger partial charge in [0.1, 0.15) is 5.75 Å². The van der Waals surface area contributed by atoms with Crippen molar-refractivity contribution in [1.82, 2.24) is 0 Å². The lowest BCUT2D eigenvalue weighted by atomic mass is 10.2. The van der Waals surface area contributed by atoms with E-state index in [4.69, 9.17) is 21.4 Å². The van der Waals surface area contributed by atoms with Crippen molar-refractivity contribution < 1.29 is 14.6 Å². The summed E-state index contributed by atoms with van der Waals surface area (Å²) in [6.45, 7) is 0. The molecule has 0 atom stereocenters. The van der Waals surface area contributed by atoms with Crippen LogP contribution in [-0.4, -0.2) is 18.2 Å². The van der Waals surface area contributed by atoms with Gasteiger partial charge >= 0.3 is 5.97 Å². The Morgan fingerprint density at radius 2 is 1.95 bits per heavy atom. The van der Waals surface area contributed by atoms with E-state index in [9.17, 15) is 4.79 Å². The maximum Gasteiger partial charge on any atom is 0.335 e. The van der Waals surface area contributed by atoms with E-state index in [1.54, 1.807) is 12.1 Å². The van der Waals surface area contributed by atoms with E-state index in [1.807, 2.05) is 18.2 Å². The summed E-state index contributed by atoms with van der Waals surface area (Å²) in [6, 6.07) is 11.9. The number of carboxylic acid groups (broad SMARTS) is 1. The number of hydrogen-bond donors (Lipinski definition) is 2. The van der Waals surface area contributed by atoms with Gasteiger partial charge in [0.15, 0.2) is 0 Å². The van der Waals surface area contributed by atoms with E-state index >= 15 is 0 Å². The van der Waals surface area contributed by atoms with Crippen LogP contribution in [0.4, 0.5) is 11.4 Å². The predicted molar refractivity (Wildman–Crippen MR) is 74.7 cm³/mol. The normalized spacial score (nSPS) is 10.0. The molecule has 0 unspecified atom stereocenters. The summed E-state index contributed by atoms with van der Waals surface area (Å²) in [4.78, 5) is 10.9. The van der Waals surface area contributed by atoms with Crippen LogP contribution in [0, 0.1) is 0 Å². The first-order valence-electron chi connectivity index (χ1n) is 5.54. The van der Waals surface area contributed by atoms with Gasteiger partial charge in [0.25, 0.3) is 0 Å². The molecule has 0 spiro atoms. The number of aromatic carboxylic acids is 1. The van der Waals surface area contributed by atoms with Crippen LogP contribution >= 0.6 is 11.6 Å². The van der Waals surface area contributed by atoms with Crippen molar-refractivity contribution in [1.29, 1.82) is 0 Å². The van der Waals surface area contributed by atoms with Crippen molar-refractivity contribution in [3.8, 4) is 5.75 Å². The highest BCUT2D eigenvalue weighted by molar-refractivity contribution is 6.33. The Balaban J connectivity index is 2.35. The summed E-state index contributed by atoms with van der Waals surface area (Å²) >= 11 is 6.05. The van der Waals surface area contributed by atoms with Crippen LogP contribution in [0.5, 0.6) is 5.75 Å². The summed E-state index contributed by atoms with van der Waals surface area (Å²) in [5.41, 5.74) is 1.55. The van der Waals surface area contributed by atoms with Crippen molar-refractivity contribution in [2.75, 3.05) is 12.4 Å². The molecule has 4 nitrogen and oxygen atoms in total. The second-order valence-electron chi connectivity index (χ2n) is 3.83. The third kappa shape index (κ3) is 2.98. The fourth-order valence-corrected chi connectivity index (χ4v) is 1.82. The lowest BCUT2D eigenvalue weighted by Crippen LogP contribution is -2.00. The third-order valence-corrected chi connectivity index (χ3v) is 2.92. The molecule has 0 aromatic heterocycles. The predicted octanol–water partition coefficient (Wildman–Crippen LogP) is 3.79. The number of ether oxygens (including phenoxy) is 1. The molecule has 2 N–H and O–H groups in total. The second-order valence-corrected chi connectivity index (χ2v) is 4.23. The minimum Gasteiger partial charge on any atom is -0.495 e. The number of halogens is 1. The molecule has 0 aliphatic carbocycles. The van der Waals surface area contributed by atoms with Crippen molar-refractivity contribution in [2.45, 2.75) is 0 Å². The number of rotatable bonds is 4. The van der Waals surface area contributed by atoms with Gasteiger partial charge in [0.05, 0.1) is 29.1 Å². The molecule has 2 aromatic rings. The summed E-state index contributed by atoms with van der Waals surface area (Å²) in [7, 11) is 1.48. The van der Waals surface area contributed by atoms with E-state index in [0.717, 1.165) is 5.69 Å². The average Bonchev–Trinajstić information content (AvgIpc) is 2.41. The smallest absolute Gasteiger partial charge is 0.335 e. The minimum absolute atomic E-state index is 0.168. The second kappa shape index (κ2) is 5.63. The molecule has 0 bridgehead atoms. The van der Waals surface area contributed by atoms with Crippen LogP contribution in [0.2, 0.25) is 5.02 Å². The van der Waals surface area contributed by atoms with Crippen LogP contribution in [-0.2, 0) is 0 Å². The number of hydrogen-bond acceptors (Lipinski definition) is 3. The Labute approximate surface area is 115 Å². The Kier molecular flexibility index (Phi) is 3.92. The molecule has 0 radical (unpaired) electrons. The lowest BCUT2D eigenvalue weighted by molar-refractivity contribution is 0.0696. The average molecular weight is 278 g/mol. The minimum atomic E-state index is -0.998. The zero-order chi connectivity index (χ0) is 13.8. The van der Waals surface area contributed by atoms with E-state index < -0.39 is 5.97 Å². The number of anilines is 2. The van der Waals surface area contributed by atoms with Crippen LogP contribution < -0.4 is 10.1 Å². The van der Waals surface area contributed by atoms with Crippen molar-refractivity contribution in [3.05, 3.63) is 53.1 Å². The number of para-hydroxylation sites is 1. The summed E-state index contributed by atoms with van der Waals surface area (Å²) in [6.07, 6.45) is 0. The van der Waals surface area contributed by atoms with Gasteiger partial charge in [-0.3, -0.25) is 0 Å². The standard InChI is InChI=1S/C14H12ClNO3/c1-19-13-8-9(14(17)18)6-7-12(13)16-11-5-3-2-4-10(11)15/h2-8,16H,1H3,(H,17,18). The molecule has 0 aliphatic heterocycles. The zero-order valence-corrected chi connectivity index (χ0v) is 10.9. The molecule has 0 saturated heterocycles. The Morgan fingerprint density at radius 1 is 1.21 bits per heavy atom. The fourth-order valence-electron chi connectivity index (χ4n) is 1.64. The molecular weight excluding hydrogens is 266 g/mol. The fraction of sp³-hybridized carbons (Fsp3) is 0.0714. The topological polar surface area (TPSA) is 58.6 Å². The number of benzene rings is 2. The first kappa shape index (κ1) is 13.2. The van der Waals surface area contributed by atoms with Gasteiger partial charge in [-0.25, -0.2) is 4.79 Å². The van der Waals surface area contributed by atoms with Crippen LogP contribution in [0.25, 0.3) is 0 Å². The van der Waals surface area contributed by atoms with Gasteiger partial charge in [-0.15, -0.1) is 0 Å². The van der Waals surface area contributed by atoms with Gasteiger partial charge in [0, 0.05) is 0 Å². The number of nitrogens with one attached hydrogen (secondary N) is 1. The lowest BCUT2D eigenvalue weighted by Gasteiger charge is -2.12. The highest BCUT2D eigenvalue weighted by atomic mass is 35.5. The molecule has 0 heterocycles. The highest BCUT2D eigenvalue weighted by Gasteiger charge is 2.10. The van der Waals surface area contributed by atoms with Gasteiger partial charge in [0.2, 0.25) is 0 Å². The van der Waals surface area contributed by atoms with Gasteiger partial charge in [-0.2, -0.15) is 0 Å². The Bertz CT molecular complexity index is 613. The van der Waals surface area contributed by atoms with Crippen LogP contribution in [0.3, 0.4) is 0 Å². The summed E-state index contributed by atoms with van der Waals surface area (Å²) in [5, 5.41) is 12.6. The van der Waals surface area contributed by atoms with Crippen molar-refractivity contribution >= 4 is 28.9 Å². The van der Waals surface area contributed by atoms with Crippen LogP contribution in [0.15, 0.2) is 42.5 Å². The molecular formula is C14H12ClNO3. The molecule has 0 saturated carbocycles. The molecule has 5 heteroatoms. The zero-order valence-electron chi connectivity index (χ0n) is 10.2. The maximum absolute atomic E-state index is 10.9. The molecule has 98 valence electrons. The quantitative estimate of drug-likeness (QED) is 0.893. The summed E-state index contributed by atoms with van der Waals surface area (Å²) in [5.74, 6) is -0.553. The SMILES string of the molecule is COc1cc(C(=O)O)ccc1Nc1ccccc1Cl. The van der Waals surface area contributed by atoms with E-state index in [-0.39, 0.29) is 5.56 Å². The molecule has 19 heavy (non-hydrogen) atoms. The number of methoxy groups -OCH3 is 1. The molecule has 2 aromatic carbocycles. The van der Waals surface area contributed by atoms with Crippen molar-refractivity contribution in [2.24, 2.45) is 0 Å². The Hall–Kier alpha value is -2.20. The first-order chi connectivity index (χ1) is 9.11. The molecule has 2 rings (SSSR count). The monoisotopic (exact) mass is 277 g/mol. The largest absolute Gasteiger partial charge is 0.495 e. The summed E-state index contributed by atoms with van der Waals surface area (Å²) < 4.78 is 5.18. The van der Waals surface area contributed by atoms with E-state index in [1.165, 1.54) is 19.2 Å². The van der Waals surface area contributed by atoms with Gasteiger partial charge < -0.3 is 15.2 Å². The number of carboxylic acids is 1. The van der Waals surface area contributed by atoms with Crippen LogP contribution in [0.1, 0.15) is 10.4 Å². The first-order valence-corrected chi connectivity index (χ1v) is 5.92.